The molecule has 3 nitrogen and oxygen atoms in total. The summed E-state index contributed by atoms with van der Waals surface area (Å²) in [7, 11) is 0. The fraction of sp³-hybridized carbons (Fsp3) is 0.615. The minimum absolute atomic E-state index is 0.110. The number of thiophene rings is 1. The summed E-state index contributed by atoms with van der Waals surface area (Å²) >= 11 is 3.28. The van der Waals surface area contributed by atoms with E-state index in [2.05, 4.69) is 10.2 Å². The Morgan fingerprint density at radius 1 is 1.44 bits per heavy atom. The van der Waals surface area contributed by atoms with Crippen LogP contribution in [-0.2, 0) is 0 Å². The molecular weight excluding hydrogens is 265 g/mol. The lowest BCUT2D eigenvalue weighted by molar-refractivity contribution is 0.0622. The van der Waals surface area contributed by atoms with Crippen molar-refractivity contribution in [2.24, 2.45) is 5.92 Å². The van der Waals surface area contributed by atoms with Gasteiger partial charge in [-0.05, 0) is 50.2 Å². The molecule has 3 saturated heterocycles. The van der Waals surface area contributed by atoms with E-state index in [1.54, 1.807) is 23.1 Å². The number of nitrogens with one attached hydrogen (secondary N) is 1. The van der Waals surface area contributed by atoms with Crippen molar-refractivity contribution in [3.63, 3.8) is 0 Å². The molecule has 2 bridgehead atoms. The molecule has 98 valence electrons. The van der Waals surface area contributed by atoms with E-state index in [1.165, 1.54) is 30.1 Å². The quantitative estimate of drug-likeness (QED) is 0.864. The van der Waals surface area contributed by atoms with Crippen molar-refractivity contribution in [2.45, 2.75) is 23.1 Å². The Kier molecular flexibility index (Phi) is 3.63. The van der Waals surface area contributed by atoms with E-state index in [0.717, 1.165) is 11.4 Å². The molecule has 4 heterocycles. The molecule has 0 radical (unpaired) electrons. The van der Waals surface area contributed by atoms with E-state index < -0.39 is 0 Å². The fourth-order valence-electron chi connectivity index (χ4n) is 2.92. The predicted molar refractivity (Wildman–Crippen MR) is 76.5 cm³/mol. The zero-order chi connectivity index (χ0) is 12.5. The van der Waals surface area contributed by atoms with Gasteiger partial charge in [0.25, 0.3) is 5.91 Å². The van der Waals surface area contributed by atoms with Crippen LogP contribution in [0.1, 0.15) is 22.5 Å². The molecule has 0 aliphatic carbocycles. The monoisotopic (exact) mass is 283 g/mol. The molecule has 5 heteroatoms. The van der Waals surface area contributed by atoms with Crippen molar-refractivity contribution in [2.75, 3.05) is 25.9 Å². The number of rotatable bonds is 3. The van der Waals surface area contributed by atoms with Crippen molar-refractivity contribution in [1.82, 2.24) is 10.2 Å². The molecule has 3 fully saturated rings. The van der Waals surface area contributed by atoms with Crippen molar-refractivity contribution < 1.29 is 4.79 Å². The Bertz CT molecular complexity index is 438. The van der Waals surface area contributed by atoms with Crippen LogP contribution in [-0.4, -0.2) is 42.7 Å². The largest absolute Gasteiger partial charge is 0.347 e. The van der Waals surface area contributed by atoms with Crippen molar-refractivity contribution in [3.05, 3.63) is 17.0 Å². The van der Waals surface area contributed by atoms with Gasteiger partial charge in [-0.3, -0.25) is 4.79 Å². The zero-order valence-corrected chi connectivity index (χ0v) is 12.1. The van der Waals surface area contributed by atoms with E-state index in [9.17, 15) is 4.79 Å². The highest BCUT2D eigenvalue weighted by atomic mass is 32.2. The van der Waals surface area contributed by atoms with Crippen LogP contribution < -0.4 is 5.32 Å². The minimum Gasteiger partial charge on any atom is -0.347 e. The molecule has 18 heavy (non-hydrogen) atoms. The molecule has 3 aliphatic heterocycles. The number of piperidine rings is 3. The number of thioether (sulfide) groups is 1. The maximum Gasteiger partial charge on any atom is 0.261 e. The summed E-state index contributed by atoms with van der Waals surface area (Å²) in [6.07, 6.45) is 4.53. The Morgan fingerprint density at radius 2 is 2.22 bits per heavy atom. The third kappa shape index (κ3) is 2.44. The summed E-state index contributed by atoms with van der Waals surface area (Å²) in [5.74, 6) is 0.804. The first kappa shape index (κ1) is 12.5. The second-order valence-electron chi connectivity index (χ2n) is 5.04. The van der Waals surface area contributed by atoms with Gasteiger partial charge in [-0.2, -0.15) is 0 Å². The van der Waals surface area contributed by atoms with Crippen LogP contribution in [0.3, 0.4) is 0 Å². The second kappa shape index (κ2) is 5.23. The first-order valence-electron chi connectivity index (χ1n) is 6.43. The van der Waals surface area contributed by atoms with Crippen molar-refractivity contribution in [3.8, 4) is 0 Å². The molecule has 0 aromatic carbocycles. The first-order chi connectivity index (χ1) is 8.76. The van der Waals surface area contributed by atoms with Crippen LogP contribution in [0.2, 0.25) is 0 Å². The highest BCUT2D eigenvalue weighted by Gasteiger charge is 2.35. The summed E-state index contributed by atoms with van der Waals surface area (Å²) in [6, 6.07) is 4.33. The summed E-state index contributed by atoms with van der Waals surface area (Å²) in [4.78, 5) is 15.5. The summed E-state index contributed by atoms with van der Waals surface area (Å²) in [5, 5.41) is 3.22. The van der Waals surface area contributed by atoms with E-state index in [0.29, 0.717) is 12.0 Å². The van der Waals surface area contributed by atoms with Crippen LogP contribution in [0.4, 0.5) is 0 Å². The molecular formula is C13H18N2OS2. The molecule has 0 saturated carbocycles. The highest BCUT2D eigenvalue weighted by Crippen LogP contribution is 2.29. The highest BCUT2D eigenvalue weighted by molar-refractivity contribution is 8.00. The number of amides is 1. The number of hydrogen-bond acceptors (Lipinski definition) is 4. The van der Waals surface area contributed by atoms with E-state index >= 15 is 0 Å². The normalized spacial score (nSPS) is 30.4. The maximum atomic E-state index is 12.2. The third-order valence-corrected chi connectivity index (χ3v) is 6.15. The number of carbonyl (C=O) groups is 1. The van der Waals surface area contributed by atoms with Crippen LogP contribution in [0.15, 0.2) is 16.3 Å². The van der Waals surface area contributed by atoms with Gasteiger partial charge >= 0.3 is 0 Å². The van der Waals surface area contributed by atoms with Gasteiger partial charge in [0, 0.05) is 12.6 Å². The van der Waals surface area contributed by atoms with Gasteiger partial charge in [-0.25, -0.2) is 0 Å². The van der Waals surface area contributed by atoms with Gasteiger partial charge in [0.2, 0.25) is 0 Å². The summed E-state index contributed by atoms with van der Waals surface area (Å²) in [5.41, 5.74) is 0. The Labute approximate surface area is 116 Å². The standard InChI is InChI=1S/C13H18N2OS2/c1-17-12-3-2-11(18-12)13(16)14-10-8-15-6-4-9(10)5-7-15/h2-3,9-10H,4-8H2,1H3,(H,14,16)/t10-/m0/s1/i11+1. The van der Waals surface area contributed by atoms with Gasteiger partial charge in [0.15, 0.2) is 0 Å². The molecule has 1 aromatic heterocycles. The molecule has 0 unspecified atom stereocenters. The number of hydrogen-bond donors (Lipinski definition) is 1. The number of nitrogens with zero attached hydrogens (tertiary/aromatic N) is 1. The Morgan fingerprint density at radius 3 is 2.78 bits per heavy atom. The van der Waals surface area contributed by atoms with E-state index in [-0.39, 0.29) is 5.91 Å². The van der Waals surface area contributed by atoms with Crippen LogP contribution >= 0.6 is 23.1 Å². The summed E-state index contributed by atoms with van der Waals surface area (Å²) < 4.78 is 1.20. The third-order valence-electron chi connectivity index (χ3n) is 3.98. The second-order valence-corrected chi connectivity index (χ2v) is 7.23. The smallest absolute Gasteiger partial charge is 0.261 e. The van der Waals surface area contributed by atoms with Crippen LogP contribution in [0.5, 0.6) is 0 Å². The Balaban J connectivity index is 1.64. The molecule has 1 N–H and O–H groups in total. The van der Waals surface area contributed by atoms with E-state index in [1.807, 2.05) is 18.4 Å². The molecule has 4 rings (SSSR count). The van der Waals surface area contributed by atoms with Crippen LogP contribution in [0.25, 0.3) is 0 Å². The maximum absolute atomic E-state index is 12.2. The number of carbonyl (C=O) groups excluding carboxylic acids is 1. The predicted octanol–water partition coefficient (Wildman–Crippen LogP) is 2.29. The fourth-order valence-corrected chi connectivity index (χ4v) is 4.37. The lowest BCUT2D eigenvalue weighted by Gasteiger charge is -2.44. The Hall–Kier alpha value is -0.520. The summed E-state index contributed by atoms with van der Waals surface area (Å²) in [6.45, 7) is 3.47. The molecule has 0 spiro atoms. The van der Waals surface area contributed by atoms with Gasteiger partial charge in [-0.15, -0.1) is 23.1 Å². The average Bonchev–Trinajstić information content (AvgIpc) is 2.89. The first-order valence-corrected chi connectivity index (χ1v) is 8.47. The van der Waals surface area contributed by atoms with Crippen molar-refractivity contribution >= 4 is 29.0 Å². The lowest BCUT2D eigenvalue weighted by atomic mass is 9.84. The lowest BCUT2D eigenvalue weighted by Crippen LogP contribution is -2.57. The molecule has 1 aromatic rings. The van der Waals surface area contributed by atoms with Gasteiger partial charge in [-0.1, -0.05) is 0 Å². The SMILES string of the molecule is CSc1cc[13c](C(=O)N[C@H]2CN3CCC2CC3)s1. The zero-order valence-electron chi connectivity index (χ0n) is 10.5. The average molecular weight is 283 g/mol. The number of fused-ring (bicyclic) bond motifs is 3. The molecule has 1 atom stereocenters. The van der Waals surface area contributed by atoms with Gasteiger partial charge < -0.3 is 10.2 Å². The minimum atomic E-state index is 0.110. The van der Waals surface area contributed by atoms with E-state index in [4.69, 9.17) is 0 Å². The van der Waals surface area contributed by atoms with Crippen LogP contribution in [0, 0.1) is 5.92 Å². The van der Waals surface area contributed by atoms with Crippen molar-refractivity contribution in [1.29, 1.82) is 0 Å². The molecule has 3 aliphatic rings. The van der Waals surface area contributed by atoms with Gasteiger partial charge in [0.1, 0.15) is 0 Å². The topological polar surface area (TPSA) is 32.3 Å². The molecule has 1 amide bonds. The van der Waals surface area contributed by atoms with Gasteiger partial charge in [0.05, 0.1) is 9.09 Å².